The van der Waals surface area contributed by atoms with Gasteiger partial charge in [-0.1, -0.05) is 41.9 Å². The lowest BCUT2D eigenvalue weighted by molar-refractivity contribution is 0.0789. The highest BCUT2D eigenvalue weighted by atomic mass is 35.5. The Morgan fingerprint density at radius 1 is 1.06 bits per heavy atom. The fourth-order valence-electron chi connectivity index (χ4n) is 3.21. The van der Waals surface area contributed by atoms with Crippen LogP contribution in [0.4, 0.5) is 5.69 Å². The van der Waals surface area contributed by atoms with E-state index in [9.17, 15) is 13.2 Å². The summed E-state index contributed by atoms with van der Waals surface area (Å²) in [6.07, 6.45) is -0.368. The molecule has 9 heteroatoms. The van der Waals surface area contributed by atoms with E-state index in [1.54, 1.807) is 31.2 Å². The van der Waals surface area contributed by atoms with Crippen molar-refractivity contribution in [3.63, 3.8) is 0 Å². The van der Waals surface area contributed by atoms with E-state index in [1.807, 2.05) is 24.3 Å². The molecule has 1 aliphatic rings. The van der Waals surface area contributed by atoms with Gasteiger partial charge in [0.05, 0.1) is 17.3 Å². The first kappa shape index (κ1) is 22.0. The van der Waals surface area contributed by atoms with Gasteiger partial charge in [-0.25, -0.2) is 8.42 Å². The van der Waals surface area contributed by atoms with Gasteiger partial charge >= 0.3 is 0 Å². The topological polar surface area (TPSA) is 93.7 Å². The van der Waals surface area contributed by atoms with Gasteiger partial charge in [-0.3, -0.25) is 9.52 Å². The first-order valence-corrected chi connectivity index (χ1v) is 11.7. The summed E-state index contributed by atoms with van der Waals surface area (Å²) in [4.78, 5) is 12.5. The molecule has 3 aromatic rings. The molecule has 4 rings (SSSR count). The average molecular weight is 473 g/mol. The van der Waals surface area contributed by atoms with E-state index in [-0.39, 0.29) is 34.7 Å². The molecule has 0 aliphatic carbocycles. The molecule has 0 bridgehead atoms. The van der Waals surface area contributed by atoms with E-state index in [2.05, 4.69) is 10.0 Å². The van der Waals surface area contributed by atoms with Gasteiger partial charge in [0.15, 0.2) is 11.5 Å². The first-order chi connectivity index (χ1) is 15.3. The minimum atomic E-state index is -4.00. The molecule has 0 radical (unpaired) electrons. The Bertz CT molecular complexity index is 1260. The normalized spacial score (nSPS) is 15.1. The summed E-state index contributed by atoms with van der Waals surface area (Å²) >= 11 is 6.15. The fourth-order valence-corrected chi connectivity index (χ4v) is 4.87. The van der Waals surface area contributed by atoms with Gasteiger partial charge in [-0.15, -0.1) is 0 Å². The highest BCUT2D eigenvalue weighted by molar-refractivity contribution is 7.92. The number of halogens is 1. The summed E-state index contributed by atoms with van der Waals surface area (Å²) in [7, 11) is -4.00. The third kappa shape index (κ3) is 4.81. The molecule has 1 amide bonds. The van der Waals surface area contributed by atoms with E-state index in [0.29, 0.717) is 17.2 Å². The molecule has 7 nitrogen and oxygen atoms in total. The number of benzene rings is 3. The summed E-state index contributed by atoms with van der Waals surface area (Å²) in [6.45, 7) is 2.27. The highest BCUT2D eigenvalue weighted by Gasteiger charge is 2.23. The number of anilines is 1. The number of rotatable bonds is 6. The Kier molecular flexibility index (Phi) is 6.25. The van der Waals surface area contributed by atoms with Crippen LogP contribution in [0.3, 0.4) is 0 Å². The van der Waals surface area contributed by atoms with Crippen LogP contribution in [0.15, 0.2) is 71.6 Å². The van der Waals surface area contributed by atoms with Crippen LogP contribution >= 0.6 is 11.6 Å². The predicted molar refractivity (Wildman–Crippen MR) is 122 cm³/mol. The molecule has 0 saturated heterocycles. The Balaban J connectivity index is 1.46. The van der Waals surface area contributed by atoms with Gasteiger partial charge in [0.1, 0.15) is 17.6 Å². The number of carbonyl (C=O) groups excluding carboxylic acids is 1. The number of carbonyl (C=O) groups is 1. The molecule has 1 heterocycles. The van der Waals surface area contributed by atoms with Crippen LogP contribution in [0.1, 0.15) is 15.9 Å². The van der Waals surface area contributed by atoms with Crippen molar-refractivity contribution in [3.05, 3.63) is 82.9 Å². The minimum Gasteiger partial charge on any atom is -0.486 e. The lowest BCUT2D eigenvalue weighted by Gasteiger charge is -2.26. The van der Waals surface area contributed by atoms with Gasteiger partial charge in [-0.2, -0.15) is 0 Å². The standard InChI is InChI=1S/C23H21ClN2O5S/c1-15-6-2-3-7-19(15)26-32(28,29)22-12-16(10-11-18(22)24)23(27)25-13-17-14-30-20-8-4-5-9-21(20)31-17/h2-12,17,26H,13-14H2,1H3,(H,25,27). The van der Waals surface area contributed by atoms with Gasteiger partial charge in [-0.05, 0) is 48.9 Å². The van der Waals surface area contributed by atoms with Crippen molar-refractivity contribution >= 4 is 33.2 Å². The molecule has 0 saturated carbocycles. The minimum absolute atomic E-state index is 0.0169. The van der Waals surface area contributed by atoms with Crippen LogP contribution < -0.4 is 19.5 Å². The second kappa shape index (κ2) is 9.10. The Morgan fingerprint density at radius 2 is 1.78 bits per heavy atom. The number of nitrogens with one attached hydrogen (secondary N) is 2. The number of ether oxygens (including phenoxy) is 2. The average Bonchev–Trinajstić information content (AvgIpc) is 2.79. The number of hydrogen-bond donors (Lipinski definition) is 2. The lowest BCUT2D eigenvalue weighted by atomic mass is 10.2. The van der Waals surface area contributed by atoms with Crippen molar-refractivity contribution in [2.75, 3.05) is 17.9 Å². The third-order valence-electron chi connectivity index (χ3n) is 4.93. The molecule has 1 aliphatic heterocycles. The molecule has 2 N–H and O–H groups in total. The zero-order chi connectivity index (χ0) is 22.7. The van der Waals surface area contributed by atoms with Crippen LogP contribution in [0.25, 0.3) is 0 Å². The molecule has 1 unspecified atom stereocenters. The van der Waals surface area contributed by atoms with Gasteiger partial charge in [0.25, 0.3) is 15.9 Å². The van der Waals surface area contributed by atoms with Crippen molar-refractivity contribution < 1.29 is 22.7 Å². The SMILES string of the molecule is Cc1ccccc1NS(=O)(=O)c1cc(C(=O)NCC2COc3ccccc3O2)ccc1Cl. The summed E-state index contributed by atoms with van der Waals surface area (Å²) in [6, 6.07) is 18.4. The van der Waals surface area contributed by atoms with E-state index in [0.717, 1.165) is 5.56 Å². The fraction of sp³-hybridized carbons (Fsp3) is 0.174. The monoisotopic (exact) mass is 472 g/mol. The van der Waals surface area contributed by atoms with Crippen molar-refractivity contribution in [2.24, 2.45) is 0 Å². The zero-order valence-corrected chi connectivity index (χ0v) is 18.7. The van der Waals surface area contributed by atoms with E-state index in [1.165, 1.54) is 18.2 Å². The predicted octanol–water partition coefficient (Wildman–Crippen LogP) is 4.02. The molecule has 0 aromatic heterocycles. The van der Waals surface area contributed by atoms with Crippen LogP contribution in [0.5, 0.6) is 11.5 Å². The van der Waals surface area contributed by atoms with Gasteiger partial charge < -0.3 is 14.8 Å². The second-order valence-electron chi connectivity index (χ2n) is 7.27. The van der Waals surface area contributed by atoms with Gasteiger partial charge in [0, 0.05) is 5.56 Å². The smallest absolute Gasteiger partial charge is 0.263 e. The molecule has 3 aromatic carbocycles. The molecular weight excluding hydrogens is 452 g/mol. The number of hydrogen-bond acceptors (Lipinski definition) is 5. The van der Waals surface area contributed by atoms with Crippen molar-refractivity contribution in [1.29, 1.82) is 0 Å². The van der Waals surface area contributed by atoms with Crippen LogP contribution in [0, 0.1) is 6.92 Å². The van der Waals surface area contributed by atoms with E-state index >= 15 is 0 Å². The van der Waals surface area contributed by atoms with Crippen LogP contribution in [-0.4, -0.2) is 33.6 Å². The van der Waals surface area contributed by atoms with Crippen molar-refractivity contribution in [3.8, 4) is 11.5 Å². The second-order valence-corrected chi connectivity index (χ2v) is 9.33. The number of para-hydroxylation sites is 3. The molecule has 1 atom stereocenters. The largest absolute Gasteiger partial charge is 0.486 e. The summed E-state index contributed by atoms with van der Waals surface area (Å²) in [5.74, 6) is 0.820. The summed E-state index contributed by atoms with van der Waals surface area (Å²) in [5.41, 5.74) is 1.36. The van der Waals surface area contributed by atoms with E-state index < -0.39 is 15.9 Å². The summed E-state index contributed by atoms with van der Waals surface area (Å²) in [5, 5.41) is 2.77. The molecular formula is C23H21ClN2O5S. The van der Waals surface area contributed by atoms with Crippen molar-refractivity contribution in [2.45, 2.75) is 17.9 Å². The van der Waals surface area contributed by atoms with E-state index in [4.69, 9.17) is 21.1 Å². The number of amides is 1. The number of aryl methyl sites for hydroxylation is 1. The highest BCUT2D eigenvalue weighted by Crippen LogP contribution is 2.31. The zero-order valence-electron chi connectivity index (χ0n) is 17.2. The molecule has 32 heavy (non-hydrogen) atoms. The number of sulfonamides is 1. The summed E-state index contributed by atoms with van der Waals surface area (Å²) < 4.78 is 39.8. The Labute approximate surface area is 191 Å². The maximum absolute atomic E-state index is 12.9. The molecule has 0 spiro atoms. The molecule has 0 fully saturated rings. The maximum atomic E-state index is 12.9. The number of fused-ring (bicyclic) bond motifs is 1. The molecule has 166 valence electrons. The lowest BCUT2D eigenvalue weighted by Crippen LogP contribution is -2.40. The maximum Gasteiger partial charge on any atom is 0.263 e. The van der Waals surface area contributed by atoms with Crippen LogP contribution in [-0.2, 0) is 10.0 Å². The van der Waals surface area contributed by atoms with Gasteiger partial charge in [0.2, 0.25) is 0 Å². The Hall–Kier alpha value is -3.23. The quantitative estimate of drug-likeness (QED) is 0.565. The Morgan fingerprint density at radius 3 is 2.56 bits per heavy atom. The first-order valence-electron chi connectivity index (χ1n) is 9.88. The van der Waals surface area contributed by atoms with Crippen LogP contribution in [0.2, 0.25) is 5.02 Å². The van der Waals surface area contributed by atoms with Crippen molar-refractivity contribution in [1.82, 2.24) is 5.32 Å². The third-order valence-corrected chi connectivity index (χ3v) is 6.78.